The van der Waals surface area contributed by atoms with E-state index in [-0.39, 0.29) is 12.1 Å². The molecule has 0 saturated heterocycles. The first-order valence-electron chi connectivity index (χ1n) is 5.09. The molecule has 0 spiro atoms. The highest BCUT2D eigenvalue weighted by Crippen LogP contribution is 2.33. The van der Waals surface area contributed by atoms with Crippen molar-refractivity contribution >= 4 is 23.2 Å². The van der Waals surface area contributed by atoms with Gasteiger partial charge in [0, 0.05) is 17.3 Å². The molecule has 2 aromatic rings. The maximum Gasteiger partial charge on any atom is 0.146 e. The van der Waals surface area contributed by atoms with Gasteiger partial charge in [0.15, 0.2) is 0 Å². The van der Waals surface area contributed by atoms with Gasteiger partial charge in [-0.05, 0) is 12.1 Å². The van der Waals surface area contributed by atoms with E-state index in [1.807, 2.05) is 6.07 Å². The predicted octanol–water partition coefficient (Wildman–Crippen LogP) is 4.26. The van der Waals surface area contributed by atoms with Crippen molar-refractivity contribution < 1.29 is 4.39 Å². The molecule has 0 aliphatic rings. The zero-order valence-corrected chi connectivity index (χ0v) is 10.6. The lowest BCUT2D eigenvalue weighted by atomic mass is 10.1. The van der Waals surface area contributed by atoms with Gasteiger partial charge in [0.25, 0.3) is 0 Å². The molecule has 0 saturated carbocycles. The Morgan fingerprint density at radius 2 is 2.11 bits per heavy atom. The van der Waals surface area contributed by atoms with Crippen LogP contribution in [0.1, 0.15) is 5.69 Å². The van der Waals surface area contributed by atoms with Gasteiger partial charge in [0.1, 0.15) is 5.82 Å². The Balaban J connectivity index is 2.50. The summed E-state index contributed by atoms with van der Waals surface area (Å²) in [6.07, 6.45) is 1.42. The molecule has 0 atom stereocenters. The maximum atomic E-state index is 13.7. The summed E-state index contributed by atoms with van der Waals surface area (Å²) in [5.41, 5.74) is 1.26. The molecule has 2 rings (SSSR count). The summed E-state index contributed by atoms with van der Waals surface area (Å²) in [7, 11) is 0. The van der Waals surface area contributed by atoms with Crippen molar-refractivity contribution in [3.63, 3.8) is 0 Å². The fourth-order valence-corrected chi connectivity index (χ4v) is 1.95. The Labute approximate surface area is 114 Å². The largest absolute Gasteiger partial charge is 0.256 e. The van der Waals surface area contributed by atoms with Crippen molar-refractivity contribution in [1.82, 2.24) is 4.98 Å². The van der Waals surface area contributed by atoms with Crippen molar-refractivity contribution in [2.24, 2.45) is 0 Å². The van der Waals surface area contributed by atoms with Crippen LogP contribution in [-0.2, 0) is 6.42 Å². The average Bonchev–Trinajstić information content (AvgIpc) is 2.35. The molecule has 0 aliphatic heterocycles. The maximum absolute atomic E-state index is 13.7. The van der Waals surface area contributed by atoms with Crippen LogP contribution in [0.2, 0.25) is 10.0 Å². The minimum absolute atomic E-state index is 0.0601. The number of rotatable bonds is 2. The van der Waals surface area contributed by atoms with Crippen molar-refractivity contribution in [3.05, 3.63) is 52.0 Å². The molecule has 0 radical (unpaired) electrons. The second-order valence-electron chi connectivity index (χ2n) is 3.59. The third kappa shape index (κ3) is 2.45. The SMILES string of the molecule is N#CCc1ncc(-c2cccc(Cl)c2Cl)cc1F. The van der Waals surface area contributed by atoms with Crippen LogP contribution in [0.4, 0.5) is 4.39 Å². The summed E-state index contributed by atoms with van der Waals surface area (Å²) in [4.78, 5) is 3.92. The molecular weight excluding hydrogens is 274 g/mol. The van der Waals surface area contributed by atoms with Crippen LogP contribution in [0.5, 0.6) is 0 Å². The van der Waals surface area contributed by atoms with Crippen LogP contribution >= 0.6 is 23.2 Å². The predicted molar refractivity (Wildman–Crippen MR) is 69.0 cm³/mol. The number of nitriles is 1. The zero-order valence-electron chi connectivity index (χ0n) is 9.12. The van der Waals surface area contributed by atoms with E-state index >= 15 is 0 Å². The Morgan fingerprint density at radius 1 is 1.33 bits per heavy atom. The second kappa shape index (κ2) is 5.34. The first-order valence-corrected chi connectivity index (χ1v) is 5.85. The molecule has 5 heteroatoms. The summed E-state index contributed by atoms with van der Waals surface area (Å²) in [6, 6.07) is 8.27. The smallest absolute Gasteiger partial charge is 0.146 e. The number of hydrogen-bond acceptors (Lipinski definition) is 2. The topological polar surface area (TPSA) is 36.7 Å². The number of nitrogens with zero attached hydrogens (tertiary/aromatic N) is 2. The standard InChI is InChI=1S/C13H7Cl2FN2/c14-10-3-1-2-9(13(10)15)8-6-11(16)12(4-5-17)18-7-8/h1-3,6-7H,4H2. The number of pyridine rings is 1. The van der Waals surface area contributed by atoms with Crippen molar-refractivity contribution in [2.75, 3.05) is 0 Å². The normalized spacial score (nSPS) is 10.1. The van der Waals surface area contributed by atoms with E-state index in [9.17, 15) is 4.39 Å². The minimum Gasteiger partial charge on any atom is -0.256 e. The summed E-state index contributed by atoms with van der Waals surface area (Å²) < 4.78 is 13.7. The molecule has 1 heterocycles. The summed E-state index contributed by atoms with van der Waals surface area (Å²) in [5.74, 6) is -0.523. The molecule has 2 nitrogen and oxygen atoms in total. The molecule has 0 N–H and O–H groups in total. The number of halogens is 3. The van der Waals surface area contributed by atoms with Crippen LogP contribution in [0.15, 0.2) is 30.5 Å². The van der Waals surface area contributed by atoms with Crippen molar-refractivity contribution in [2.45, 2.75) is 6.42 Å². The number of benzene rings is 1. The molecule has 0 amide bonds. The monoisotopic (exact) mass is 280 g/mol. The molecule has 1 aromatic heterocycles. The molecule has 0 unspecified atom stereocenters. The quantitative estimate of drug-likeness (QED) is 0.824. The fourth-order valence-electron chi connectivity index (χ4n) is 1.55. The molecule has 90 valence electrons. The van der Waals surface area contributed by atoms with E-state index < -0.39 is 5.82 Å². The molecule has 18 heavy (non-hydrogen) atoms. The molecule has 0 fully saturated rings. The van der Waals surface area contributed by atoms with Gasteiger partial charge in [-0.2, -0.15) is 5.26 Å². The average molecular weight is 281 g/mol. The lowest BCUT2D eigenvalue weighted by Crippen LogP contribution is -1.94. The van der Waals surface area contributed by atoms with Gasteiger partial charge >= 0.3 is 0 Å². The highest BCUT2D eigenvalue weighted by atomic mass is 35.5. The highest BCUT2D eigenvalue weighted by molar-refractivity contribution is 6.43. The minimum atomic E-state index is -0.523. The van der Waals surface area contributed by atoms with E-state index in [0.29, 0.717) is 21.2 Å². The number of hydrogen-bond donors (Lipinski definition) is 0. The van der Waals surface area contributed by atoms with E-state index in [1.54, 1.807) is 18.2 Å². The van der Waals surface area contributed by atoms with E-state index in [0.717, 1.165) is 0 Å². The van der Waals surface area contributed by atoms with Gasteiger partial charge < -0.3 is 0 Å². The second-order valence-corrected chi connectivity index (χ2v) is 4.37. The van der Waals surface area contributed by atoms with Crippen molar-refractivity contribution in [3.8, 4) is 17.2 Å². The lowest BCUT2D eigenvalue weighted by molar-refractivity contribution is 0.606. The van der Waals surface area contributed by atoms with Gasteiger partial charge in [0.2, 0.25) is 0 Å². The van der Waals surface area contributed by atoms with Crippen LogP contribution in [0, 0.1) is 17.1 Å². The van der Waals surface area contributed by atoms with Gasteiger partial charge in [-0.25, -0.2) is 4.39 Å². The molecule has 0 aliphatic carbocycles. The summed E-state index contributed by atoms with van der Waals surface area (Å²) in [5, 5.41) is 9.27. The highest BCUT2D eigenvalue weighted by Gasteiger charge is 2.10. The third-order valence-corrected chi connectivity index (χ3v) is 3.25. The molecule has 1 aromatic carbocycles. The summed E-state index contributed by atoms with van der Waals surface area (Å²) in [6.45, 7) is 0. The van der Waals surface area contributed by atoms with Crippen LogP contribution in [-0.4, -0.2) is 4.98 Å². The molecule has 0 bridgehead atoms. The van der Waals surface area contributed by atoms with Crippen LogP contribution in [0.3, 0.4) is 0 Å². The lowest BCUT2D eigenvalue weighted by Gasteiger charge is -2.06. The first-order chi connectivity index (χ1) is 8.63. The van der Waals surface area contributed by atoms with E-state index in [4.69, 9.17) is 28.5 Å². The Bertz CT molecular complexity index is 635. The Hall–Kier alpha value is -1.63. The van der Waals surface area contributed by atoms with Gasteiger partial charge in [-0.15, -0.1) is 0 Å². The van der Waals surface area contributed by atoms with Crippen LogP contribution < -0.4 is 0 Å². The van der Waals surface area contributed by atoms with Crippen LogP contribution in [0.25, 0.3) is 11.1 Å². The summed E-state index contributed by atoms with van der Waals surface area (Å²) >= 11 is 11.9. The van der Waals surface area contributed by atoms with Gasteiger partial charge in [-0.1, -0.05) is 35.3 Å². The Morgan fingerprint density at radius 3 is 2.78 bits per heavy atom. The Kier molecular flexibility index (Phi) is 3.81. The number of aromatic nitrogens is 1. The fraction of sp³-hybridized carbons (Fsp3) is 0.0769. The molecular formula is C13H7Cl2FN2. The van der Waals surface area contributed by atoms with E-state index in [1.165, 1.54) is 12.3 Å². The van der Waals surface area contributed by atoms with E-state index in [2.05, 4.69) is 4.98 Å². The zero-order chi connectivity index (χ0) is 13.1. The van der Waals surface area contributed by atoms with Crippen molar-refractivity contribution in [1.29, 1.82) is 5.26 Å². The van der Waals surface area contributed by atoms with Gasteiger partial charge in [0.05, 0.1) is 28.2 Å². The third-order valence-electron chi connectivity index (χ3n) is 2.43. The first kappa shape index (κ1) is 12.8. The van der Waals surface area contributed by atoms with Gasteiger partial charge in [-0.3, -0.25) is 4.98 Å².